The van der Waals surface area contributed by atoms with E-state index in [-0.39, 0.29) is 19.3 Å². The highest BCUT2D eigenvalue weighted by molar-refractivity contribution is 5.03. The summed E-state index contributed by atoms with van der Waals surface area (Å²) in [5, 5.41) is 37.1. The molecule has 4 atom stereocenters. The third-order valence-electron chi connectivity index (χ3n) is 3.09. The van der Waals surface area contributed by atoms with Gasteiger partial charge in [0.2, 0.25) is 0 Å². The van der Waals surface area contributed by atoms with Crippen molar-refractivity contribution in [3.8, 4) is 0 Å². The molecule has 4 N–H and O–H groups in total. The molecule has 0 aromatic carbocycles. The van der Waals surface area contributed by atoms with E-state index in [1.807, 2.05) is 4.90 Å². The van der Waals surface area contributed by atoms with E-state index in [0.717, 1.165) is 19.4 Å². The van der Waals surface area contributed by atoms with Crippen LogP contribution in [0.4, 0.5) is 0 Å². The summed E-state index contributed by atoms with van der Waals surface area (Å²) < 4.78 is 0. The van der Waals surface area contributed by atoms with E-state index in [1.54, 1.807) is 0 Å². The monoisotopic (exact) mass is 219 g/mol. The Morgan fingerprint density at radius 2 is 2.00 bits per heavy atom. The number of rotatable bonds is 6. The lowest BCUT2D eigenvalue weighted by molar-refractivity contribution is -0.176. The Labute approximate surface area is 90.0 Å². The minimum Gasteiger partial charge on any atom is -0.395 e. The van der Waals surface area contributed by atoms with Gasteiger partial charge in [0.1, 0.15) is 0 Å². The lowest BCUT2D eigenvalue weighted by Gasteiger charge is -2.53. The Hall–Kier alpha value is -0.200. The largest absolute Gasteiger partial charge is 0.395 e. The summed E-state index contributed by atoms with van der Waals surface area (Å²) in [7, 11) is 0. The van der Waals surface area contributed by atoms with Gasteiger partial charge in [0.05, 0.1) is 37.5 Å². The molecule has 0 spiro atoms. The molecule has 0 aromatic rings. The van der Waals surface area contributed by atoms with E-state index >= 15 is 0 Å². The van der Waals surface area contributed by atoms with Gasteiger partial charge in [0.15, 0.2) is 0 Å². The Bertz CT molecular complexity index is 190. The molecule has 15 heavy (non-hydrogen) atoms. The van der Waals surface area contributed by atoms with Gasteiger partial charge in [-0.1, -0.05) is 13.3 Å². The molecule has 90 valence electrons. The molecule has 1 fully saturated rings. The smallest absolute Gasteiger partial charge is 0.0951 e. The van der Waals surface area contributed by atoms with Crippen LogP contribution in [0.1, 0.15) is 19.8 Å². The second kappa shape index (κ2) is 5.77. The molecule has 1 rings (SSSR count). The van der Waals surface area contributed by atoms with Gasteiger partial charge in [-0.05, 0) is 13.0 Å². The SMILES string of the molecule is CCCCN1[C@H]([C@@H](O)CO)[C@H](O)[C@@H]1CO. The third-order valence-corrected chi connectivity index (χ3v) is 3.09. The second-order valence-corrected chi connectivity index (χ2v) is 4.07. The molecule has 0 bridgehead atoms. The number of nitrogens with zero attached hydrogens (tertiary/aromatic N) is 1. The predicted molar refractivity (Wildman–Crippen MR) is 55.4 cm³/mol. The summed E-state index contributed by atoms with van der Waals surface area (Å²) in [5.41, 5.74) is 0. The van der Waals surface area contributed by atoms with Crippen molar-refractivity contribution >= 4 is 0 Å². The molecular weight excluding hydrogens is 198 g/mol. The first-order chi connectivity index (χ1) is 7.17. The highest BCUT2D eigenvalue weighted by Crippen LogP contribution is 2.28. The van der Waals surface area contributed by atoms with Crippen LogP contribution >= 0.6 is 0 Å². The Morgan fingerprint density at radius 1 is 1.33 bits per heavy atom. The van der Waals surface area contributed by atoms with Gasteiger partial charge < -0.3 is 20.4 Å². The fourth-order valence-corrected chi connectivity index (χ4v) is 2.16. The molecule has 0 unspecified atom stereocenters. The van der Waals surface area contributed by atoms with Crippen molar-refractivity contribution in [2.45, 2.75) is 44.1 Å². The molecule has 0 radical (unpaired) electrons. The standard InChI is InChI=1S/C10H21NO4/c1-2-3-4-11-7(5-12)10(15)9(11)8(14)6-13/h7-10,12-15H,2-6H2,1H3/t7-,8-,9+,10+/m0/s1. The van der Waals surface area contributed by atoms with Crippen LogP contribution in [0.25, 0.3) is 0 Å². The highest BCUT2D eigenvalue weighted by atomic mass is 16.3. The zero-order valence-corrected chi connectivity index (χ0v) is 9.08. The molecule has 1 aliphatic heterocycles. The fraction of sp³-hybridized carbons (Fsp3) is 1.00. The predicted octanol–water partition coefficient (Wildman–Crippen LogP) is -1.45. The molecule has 5 heteroatoms. The molecule has 0 amide bonds. The average molecular weight is 219 g/mol. The molecule has 1 heterocycles. The number of unbranched alkanes of at least 4 members (excludes halogenated alkanes) is 1. The van der Waals surface area contributed by atoms with E-state index < -0.39 is 18.2 Å². The molecule has 1 aliphatic rings. The number of aliphatic hydroxyl groups is 4. The zero-order chi connectivity index (χ0) is 11.4. The van der Waals surface area contributed by atoms with Crippen LogP contribution in [0, 0.1) is 0 Å². The zero-order valence-electron chi connectivity index (χ0n) is 9.08. The maximum atomic E-state index is 9.67. The molecule has 1 saturated heterocycles. The number of hydrogen-bond acceptors (Lipinski definition) is 5. The van der Waals surface area contributed by atoms with Crippen molar-refractivity contribution < 1.29 is 20.4 Å². The second-order valence-electron chi connectivity index (χ2n) is 4.07. The first-order valence-electron chi connectivity index (χ1n) is 5.51. The van der Waals surface area contributed by atoms with Crippen LogP contribution < -0.4 is 0 Å². The number of aliphatic hydroxyl groups excluding tert-OH is 4. The van der Waals surface area contributed by atoms with Gasteiger partial charge in [-0.25, -0.2) is 0 Å². The van der Waals surface area contributed by atoms with Gasteiger partial charge in [0, 0.05) is 0 Å². The van der Waals surface area contributed by atoms with Crippen molar-refractivity contribution in [1.82, 2.24) is 4.90 Å². The van der Waals surface area contributed by atoms with Crippen LogP contribution in [0.3, 0.4) is 0 Å². The minimum atomic E-state index is -0.931. The fourth-order valence-electron chi connectivity index (χ4n) is 2.16. The summed E-state index contributed by atoms with van der Waals surface area (Å²) in [4.78, 5) is 1.87. The lowest BCUT2D eigenvalue weighted by atomic mass is 9.85. The Kier molecular flexibility index (Phi) is 4.95. The van der Waals surface area contributed by atoms with Gasteiger partial charge in [0.25, 0.3) is 0 Å². The molecule has 0 aliphatic carbocycles. The number of hydrogen-bond donors (Lipinski definition) is 4. The average Bonchev–Trinajstić information content (AvgIpc) is 2.24. The van der Waals surface area contributed by atoms with Crippen molar-refractivity contribution in [2.24, 2.45) is 0 Å². The molecule has 0 saturated carbocycles. The molecule has 5 nitrogen and oxygen atoms in total. The van der Waals surface area contributed by atoms with E-state index in [9.17, 15) is 10.2 Å². The van der Waals surface area contributed by atoms with Crippen molar-refractivity contribution in [3.05, 3.63) is 0 Å². The van der Waals surface area contributed by atoms with E-state index in [2.05, 4.69) is 6.92 Å². The first kappa shape index (κ1) is 12.9. The normalized spacial score (nSPS) is 33.8. The summed E-state index contributed by atoms with van der Waals surface area (Å²) >= 11 is 0. The van der Waals surface area contributed by atoms with Crippen LogP contribution in [-0.4, -0.2) is 69.4 Å². The van der Waals surface area contributed by atoms with Gasteiger partial charge in [-0.2, -0.15) is 0 Å². The van der Waals surface area contributed by atoms with Gasteiger partial charge >= 0.3 is 0 Å². The maximum Gasteiger partial charge on any atom is 0.0951 e. The van der Waals surface area contributed by atoms with Crippen molar-refractivity contribution in [1.29, 1.82) is 0 Å². The van der Waals surface area contributed by atoms with Gasteiger partial charge in [-0.15, -0.1) is 0 Å². The Balaban J connectivity index is 2.53. The summed E-state index contributed by atoms with van der Waals surface area (Å²) in [5.74, 6) is 0. The minimum absolute atomic E-state index is 0.112. The summed E-state index contributed by atoms with van der Waals surface area (Å²) in [6, 6.07) is -0.721. The van der Waals surface area contributed by atoms with E-state index in [4.69, 9.17) is 10.2 Å². The highest BCUT2D eigenvalue weighted by Gasteiger charge is 2.49. The molecule has 0 aromatic heterocycles. The molecular formula is C10H21NO4. The lowest BCUT2D eigenvalue weighted by Crippen LogP contribution is -2.73. The topological polar surface area (TPSA) is 84.2 Å². The van der Waals surface area contributed by atoms with Crippen LogP contribution in [0.15, 0.2) is 0 Å². The van der Waals surface area contributed by atoms with Crippen LogP contribution in [-0.2, 0) is 0 Å². The van der Waals surface area contributed by atoms with Crippen LogP contribution in [0.5, 0.6) is 0 Å². The van der Waals surface area contributed by atoms with E-state index in [1.165, 1.54) is 0 Å². The van der Waals surface area contributed by atoms with Crippen molar-refractivity contribution in [2.75, 3.05) is 19.8 Å². The quantitative estimate of drug-likeness (QED) is 0.439. The van der Waals surface area contributed by atoms with Crippen molar-refractivity contribution in [3.63, 3.8) is 0 Å². The third kappa shape index (κ3) is 2.49. The summed E-state index contributed by atoms with van der Waals surface area (Å²) in [6.45, 7) is 2.32. The summed E-state index contributed by atoms with van der Waals surface area (Å²) in [6.07, 6.45) is 0.304. The maximum absolute atomic E-state index is 9.67. The first-order valence-corrected chi connectivity index (χ1v) is 5.51. The van der Waals surface area contributed by atoms with Gasteiger partial charge in [-0.3, -0.25) is 4.90 Å². The Morgan fingerprint density at radius 3 is 2.47 bits per heavy atom. The van der Waals surface area contributed by atoms with Crippen LogP contribution in [0.2, 0.25) is 0 Å². The number of likely N-dealkylation sites (tertiary alicyclic amines) is 1. The van der Waals surface area contributed by atoms with E-state index in [0.29, 0.717) is 0 Å².